The zero-order chi connectivity index (χ0) is 13.7. The third-order valence-electron chi connectivity index (χ3n) is 3.40. The van der Waals surface area contributed by atoms with Crippen LogP contribution in [-0.2, 0) is 11.3 Å². The lowest BCUT2D eigenvalue weighted by Gasteiger charge is -2.15. The highest BCUT2D eigenvalue weighted by Gasteiger charge is 2.21. The van der Waals surface area contributed by atoms with Crippen LogP contribution in [0.5, 0.6) is 0 Å². The van der Waals surface area contributed by atoms with Gasteiger partial charge in [0.25, 0.3) is 0 Å². The SMILES string of the molecule is O=C(O)/C=C/c1cccc(CN2CCC(CO)C2)c1. The molecule has 4 nitrogen and oxygen atoms in total. The molecular weight excluding hydrogens is 242 g/mol. The predicted octanol–water partition coefficient (Wildman–Crippen LogP) is 1.60. The molecule has 102 valence electrons. The Morgan fingerprint density at radius 1 is 1.47 bits per heavy atom. The first-order chi connectivity index (χ1) is 9.17. The van der Waals surface area contributed by atoms with Gasteiger partial charge in [-0.3, -0.25) is 4.90 Å². The average Bonchev–Trinajstić information content (AvgIpc) is 2.84. The molecule has 1 unspecified atom stereocenters. The van der Waals surface area contributed by atoms with Crippen molar-refractivity contribution in [2.45, 2.75) is 13.0 Å². The number of rotatable bonds is 5. The second-order valence-electron chi connectivity index (χ2n) is 4.99. The van der Waals surface area contributed by atoms with Gasteiger partial charge in [0.1, 0.15) is 0 Å². The maximum absolute atomic E-state index is 10.5. The van der Waals surface area contributed by atoms with Gasteiger partial charge in [-0.15, -0.1) is 0 Å². The van der Waals surface area contributed by atoms with Crippen LogP contribution in [0, 0.1) is 5.92 Å². The standard InChI is InChI=1S/C15H19NO3/c17-11-14-6-7-16(10-14)9-13-3-1-2-12(8-13)4-5-15(18)19/h1-5,8,14,17H,6-7,9-11H2,(H,18,19)/b5-4+. The van der Waals surface area contributed by atoms with E-state index in [0.29, 0.717) is 5.92 Å². The van der Waals surface area contributed by atoms with Crippen molar-refractivity contribution in [3.05, 3.63) is 41.5 Å². The monoisotopic (exact) mass is 261 g/mol. The zero-order valence-electron chi connectivity index (χ0n) is 10.8. The van der Waals surface area contributed by atoms with Crippen LogP contribution in [-0.4, -0.2) is 40.8 Å². The van der Waals surface area contributed by atoms with Crippen LogP contribution in [0.25, 0.3) is 6.08 Å². The zero-order valence-corrected chi connectivity index (χ0v) is 10.8. The van der Waals surface area contributed by atoms with Gasteiger partial charge in [0, 0.05) is 25.8 Å². The number of likely N-dealkylation sites (tertiary alicyclic amines) is 1. The van der Waals surface area contributed by atoms with Crippen molar-refractivity contribution in [2.75, 3.05) is 19.7 Å². The fourth-order valence-electron chi connectivity index (χ4n) is 2.43. The number of hydrogen-bond acceptors (Lipinski definition) is 3. The van der Waals surface area contributed by atoms with Crippen molar-refractivity contribution in [1.82, 2.24) is 4.90 Å². The van der Waals surface area contributed by atoms with Gasteiger partial charge in [-0.2, -0.15) is 0 Å². The fourth-order valence-corrected chi connectivity index (χ4v) is 2.43. The number of aliphatic carboxylic acids is 1. The lowest BCUT2D eigenvalue weighted by atomic mass is 10.1. The highest BCUT2D eigenvalue weighted by atomic mass is 16.4. The second-order valence-corrected chi connectivity index (χ2v) is 4.99. The molecule has 1 aliphatic rings. The number of carbonyl (C=O) groups is 1. The van der Waals surface area contributed by atoms with E-state index in [4.69, 9.17) is 10.2 Å². The van der Waals surface area contributed by atoms with Crippen LogP contribution in [0.2, 0.25) is 0 Å². The summed E-state index contributed by atoms with van der Waals surface area (Å²) in [5.41, 5.74) is 2.07. The fraction of sp³-hybridized carbons (Fsp3) is 0.400. The molecule has 1 atom stereocenters. The Hall–Kier alpha value is -1.65. The molecule has 0 aromatic heterocycles. The molecule has 19 heavy (non-hydrogen) atoms. The van der Waals surface area contributed by atoms with Crippen LogP contribution in [0.1, 0.15) is 17.5 Å². The van der Waals surface area contributed by atoms with Gasteiger partial charge < -0.3 is 10.2 Å². The van der Waals surface area contributed by atoms with E-state index in [1.807, 2.05) is 24.3 Å². The molecule has 1 aromatic carbocycles. The summed E-state index contributed by atoms with van der Waals surface area (Å²) in [6.07, 6.45) is 3.80. The minimum absolute atomic E-state index is 0.262. The molecular formula is C15H19NO3. The van der Waals surface area contributed by atoms with Gasteiger partial charge in [0.2, 0.25) is 0 Å². The largest absolute Gasteiger partial charge is 0.478 e. The number of carboxylic acids is 1. The van der Waals surface area contributed by atoms with Crippen molar-refractivity contribution in [1.29, 1.82) is 0 Å². The van der Waals surface area contributed by atoms with Gasteiger partial charge in [-0.25, -0.2) is 4.79 Å². The van der Waals surface area contributed by atoms with Crippen LogP contribution in [0.4, 0.5) is 0 Å². The van der Waals surface area contributed by atoms with E-state index < -0.39 is 5.97 Å². The summed E-state index contributed by atoms with van der Waals surface area (Å²) >= 11 is 0. The van der Waals surface area contributed by atoms with Gasteiger partial charge in [-0.05, 0) is 36.1 Å². The molecule has 1 aliphatic heterocycles. The smallest absolute Gasteiger partial charge is 0.328 e. The van der Waals surface area contributed by atoms with Crippen LogP contribution in [0.3, 0.4) is 0 Å². The summed E-state index contributed by atoms with van der Waals surface area (Å²) in [6.45, 7) is 3.06. The maximum Gasteiger partial charge on any atom is 0.328 e. The molecule has 0 bridgehead atoms. The van der Waals surface area contributed by atoms with Crippen molar-refractivity contribution in [2.24, 2.45) is 5.92 Å². The number of carboxylic acid groups (broad SMARTS) is 1. The molecule has 0 spiro atoms. The van der Waals surface area contributed by atoms with E-state index in [1.165, 1.54) is 5.56 Å². The first-order valence-electron chi connectivity index (χ1n) is 6.50. The van der Waals surface area contributed by atoms with E-state index in [2.05, 4.69) is 4.90 Å². The number of hydrogen-bond donors (Lipinski definition) is 2. The Bertz CT molecular complexity index is 470. The third kappa shape index (κ3) is 4.19. The van der Waals surface area contributed by atoms with E-state index >= 15 is 0 Å². The Kier molecular flexibility index (Phi) is 4.71. The Labute approximate surface area is 113 Å². The van der Waals surface area contributed by atoms with Crippen molar-refractivity contribution < 1.29 is 15.0 Å². The second kappa shape index (κ2) is 6.50. The summed E-state index contributed by atoms with van der Waals surface area (Å²) in [5, 5.41) is 17.7. The molecule has 1 fully saturated rings. The first kappa shape index (κ1) is 13.8. The number of aliphatic hydroxyl groups excluding tert-OH is 1. The Morgan fingerprint density at radius 2 is 2.32 bits per heavy atom. The van der Waals surface area contributed by atoms with E-state index in [9.17, 15) is 4.79 Å². The van der Waals surface area contributed by atoms with Crippen molar-refractivity contribution in [3.63, 3.8) is 0 Å². The summed E-state index contributed by atoms with van der Waals surface area (Å²) in [5.74, 6) is -0.536. The van der Waals surface area contributed by atoms with E-state index in [-0.39, 0.29) is 6.61 Å². The first-order valence-corrected chi connectivity index (χ1v) is 6.50. The van der Waals surface area contributed by atoms with Crippen LogP contribution < -0.4 is 0 Å². The van der Waals surface area contributed by atoms with Crippen LogP contribution >= 0.6 is 0 Å². The topological polar surface area (TPSA) is 60.8 Å². The third-order valence-corrected chi connectivity index (χ3v) is 3.40. The minimum atomic E-state index is -0.935. The lowest BCUT2D eigenvalue weighted by Crippen LogP contribution is -2.20. The minimum Gasteiger partial charge on any atom is -0.478 e. The number of aliphatic hydroxyl groups is 1. The molecule has 0 radical (unpaired) electrons. The lowest BCUT2D eigenvalue weighted by molar-refractivity contribution is -0.131. The van der Waals surface area contributed by atoms with Crippen LogP contribution in [0.15, 0.2) is 30.3 Å². The summed E-state index contributed by atoms with van der Waals surface area (Å²) in [6, 6.07) is 7.88. The molecule has 0 amide bonds. The molecule has 1 heterocycles. The quantitative estimate of drug-likeness (QED) is 0.790. The molecule has 2 rings (SSSR count). The maximum atomic E-state index is 10.5. The number of nitrogens with zero attached hydrogens (tertiary/aromatic N) is 1. The summed E-state index contributed by atoms with van der Waals surface area (Å²) in [7, 11) is 0. The van der Waals surface area contributed by atoms with Crippen molar-refractivity contribution >= 4 is 12.0 Å². The predicted molar refractivity (Wildman–Crippen MR) is 73.6 cm³/mol. The van der Waals surface area contributed by atoms with Crippen molar-refractivity contribution in [3.8, 4) is 0 Å². The summed E-state index contributed by atoms with van der Waals surface area (Å²) in [4.78, 5) is 12.8. The normalized spacial score (nSPS) is 20.2. The highest BCUT2D eigenvalue weighted by molar-refractivity contribution is 5.85. The highest BCUT2D eigenvalue weighted by Crippen LogP contribution is 2.18. The Morgan fingerprint density at radius 3 is 3.00 bits per heavy atom. The van der Waals surface area contributed by atoms with Gasteiger partial charge in [-0.1, -0.05) is 24.3 Å². The average molecular weight is 261 g/mol. The molecule has 0 saturated carbocycles. The number of benzene rings is 1. The van der Waals surface area contributed by atoms with E-state index in [0.717, 1.165) is 37.7 Å². The molecule has 4 heteroatoms. The molecule has 1 aromatic rings. The van der Waals surface area contributed by atoms with Gasteiger partial charge >= 0.3 is 5.97 Å². The Balaban J connectivity index is 1.97. The molecule has 2 N–H and O–H groups in total. The van der Waals surface area contributed by atoms with Gasteiger partial charge in [0.05, 0.1) is 0 Å². The summed E-state index contributed by atoms with van der Waals surface area (Å²) < 4.78 is 0. The van der Waals surface area contributed by atoms with Gasteiger partial charge in [0.15, 0.2) is 0 Å². The van der Waals surface area contributed by atoms with E-state index in [1.54, 1.807) is 6.08 Å². The molecule has 0 aliphatic carbocycles. The molecule has 1 saturated heterocycles.